The molecule has 17 heavy (non-hydrogen) atoms. The van der Waals surface area contributed by atoms with Crippen molar-refractivity contribution in [3.63, 3.8) is 0 Å². The summed E-state index contributed by atoms with van der Waals surface area (Å²) in [5.74, 6) is -0.0413. The van der Waals surface area contributed by atoms with E-state index in [0.29, 0.717) is 13.0 Å². The van der Waals surface area contributed by atoms with E-state index in [2.05, 4.69) is 6.92 Å². The van der Waals surface area contributed by atoms with Gasteiger partial charge in [-0.3, -0.25) is 4.79 Å². The van der Waals surface area contributed by atoms with Crippen LogP contribution >= 0.6 is 0 Å². The van der Waals surface area contributed by atoms with Gasteiger partial charge in [0.25, 0.3) is 0 Å². The smallest absolute Gasteiger partial charge is 0.305 e. The molecule has 0 saturated carbocycles. The van der Waals surface area contributed by atoms with Gasteiger partial charge in [0, 0.05) is 13.0 Å². The monoisotopic (exact) mass is 243 g/mol. The maximum Gasteiger partial charge on any atom is 0.305 e. The molecule has 0 N–H and O–H groups in total. The van der Waals surface area contributed by atoms with E-state index in [1.165, 1.54) is 32.1 Å². The van der Waals surface area contributed by atoms with Gasteiger partial charge < -0.3 is 9.64 Å². The second-order valence-electron chi connectivity index (χ2n) is 4.90. The molecule has 0 spiro atoms. The third kappa shape index (κ3) is 13.4. The van der Waals surface area contributed by atoms with E-state index < -0.39 is 0 Å². The van der Waals surface area contributed by atoms with Crippen molar-refractivity contribution in [2.75, 3.05) is 27.2 Å². The first-order chi connectivity index (χ1) is 8.16. The number of carbonyl (C=O) groups excluding carboxylic acids is 1. The zero-order valence-electron chi connectivity index (χ0n) is 11.8. The lowest BCUT2D eigenvalue weighted by atomic mass is 10.1. The van der Waals surface area contributed by atoms with Crippen LogP contribution in [0.25, 0.3) is 0 Å². The quantitative estimate of drug-likeness (QED) is 0.412. The van der Waals surface area contributed by atoms with Crippen LogP contribution < -0.4 is 0 Å². The summed E-state index contributed by atoms with van der Waals surface area (Å²) in [6.07, 6.45) is 9.25. The summed E-state index contributed by atoms with van der Waals surface area (Å²) in [7, 11) is 3.95. The van der Waals surface area contributed by atoms with Crippen LogP contribution in [0.5, 0.6) is 0 Å². The molecule has 0 radical (unpaired) electrons. The summed E-state index contributed by atoms with van der Waals surface area (Å²) in [6.45, 7) is 3.55. The fraction of sp³-hybridized carbons (Fsp3) is 0.929. The van der Waals surface area contributed by atoms with Gasteiger partial charge in [-0.15, -0.1) is 0 Å². The van der Waals surface area contributed by atoms with Crippen LogP contribution in [0.2, 0.25) is 0 Å². The normalized spacial score (nSPS) is 10.8. The highest BCUT2D eigenvalue weighted by Crippen LogP contribution is 2.08. The van der Waals surface area contributed by atoms with Crippen molar-refractivity contribution in [1.82, 2.24) is 4.90 Å². The van der Waals surface area contributed by atoms with Gasteiger partial charge in [-0.1, -0.05) is 45.4 Å². The van der Waals surface area contributed by atoms with Crippen LogP contribution in [0.4, 0.5) is 0 Å². The Hall–Kier alpha value is -0.570. The lowest BCUT2D eigenvalue weighted by molar-refractivity contribution is -0.144. The van der Waals surface area contributed by atoms with Crippen LogP contribution in [-0.2, 0) is 9.53 Å². The summed E-state index contributed by atoms with van der Waals surface area (Å²) in [4.78, 5) is 13.3. The third-order valence-electron chi connectivity index (χ3n) is 2.79. The van der Waals surface area contributed by atoms with Gasteiger partial charge in [0.15, 0.2) is 0 Å². The average molecular weight is 243 g/mol. The van der Waals surface area contributed by atoms with E-state index >= 15 is 0 Å². The lowest BCUT2D eigenvalue weighted by Gasteiger charge is -2.09. The summed E-state index contributed by atoms with van der Waals surface area (Å²) in [5.41, 5.74) is 0. The molecule has 3 heteroatoms. The summed E-state index contributed by atoms with van der Waals surface area (Å²) < 4.78 is 5.12. The van der Waals surface area contributed by atoms with Gasteiger partial charge in [0.05, 0.1) is 0 Å². The maximum absolute atomic E-state index is 11.3. The topological polar surface area (TPSA) is 29.5 Å². The molecule has 0 saturated heterocycles. The van der Waals surface area contributed by atoms with Crippen molar-refractivity contribution in [2.45, 2.75) is 58.3 Å². The minimum atomic E-state index is -0.0413. The molecule has 0 fully saturated rings. The Balaban J connectivity index is 3.16. The van der Waals surface area contributed by atoms with Gasteiger partial charge in [0.2, 0.25) is 0 Å². The Morgan fingerprint density at radius 2 is 1.59 bits per heavy atom. The number of esters is 1. The summed E-state index contributed by atoms with van der Waals surface area (Å²) >= 11 is 0. The Labute approximate surface area is 107 Å². The van der Waals surface area contributed by atoms with Gasteiger partial charge in [-0.25, -0.2) is 0 Å². The number of ether oxygens (including phenoxy) is 1. The third-order valence-corrected chi connectivity index (χ3v) is 2.79. The first-order valence-electron chi connectivity index (χ1n) is 6.97. The fourth-order valence-corrected chi connectivity index (χ4v) is 1.64. The van der Waals surface area contributed by atoms with Crippen molar-refractivity contribution in [1.29, 1.82) is 0 Å². The molecule has 0 bridgehead atoms. The first kappa shape index (κ1) is 16.4. The fourth-order valence-electron chi connectivity index (χ4n) is 1.64. The summed E-state index contributed by atoms with van der Waals surface area (Å²) in [5, 5.41) is 0. The number of hydrogen-bond acceptors (Lipinski definition) is 3. The van der Waals surface area contributed by atoms with Crippen molar-refractivity contribution < 1.29 is 9.53 Å². The molecule has 0 aliphatic carbocycles. The SMILES string of the molecule is CCCCCCCCCC(=O)OCCN(C)C. The highest BCUT2D eigenvalue weighted by Gasteiger charge is 2.02. The van der Waals surface area contributed by atoms with Crippen LogP contribution in [0.3, 0.4) is 0 Å². The molecule has 0 aromatic carbocycles. The predicted octanol–water partition coefficient (Wildman–Crippen LogP) is 3.23. The molecule has 102 valence electrons. The van der Waals surface area contributed by atoms with Crippen LogP contribution in [0.15, 0.2) is 0 Å². The standard InChI is InChI=1S/C14H29NO2/c1-4-5-6-7-8-9-10-11-14(16)17-13-12-15(2)3/h4-13H2,1-3H3. The van der Waals surface area contributed by atoms with Crippen LogP contribution in [-0.4, -0.2) is 38.1 Å². The van der Waals surface area contributed by atoms with Crippen LogP contribution in [0, 0.1) is 0 Å². The van der Waals surface area contributed by atoms with E-state index in [4.69, 9.17) is 4.74 Å². The zero-order valence-corrected chi connectivity index (χ0v) is 11.8. The number of nitrogens with zero attached hydrogens (tertiary/aromatic N) is 1. The Morgan fingerprint density at radius 3 is 2.18 bits per heavy atom. The van der Waals surface area contributed by atoms with Crippen molar-refractivity contribution in [2.24, 2.45) is 0 Å². The molecular formula is C14H29NO2. The van der Waals surface area contributed by atoms with E-state index in [0.717, 1.165) is 19.4 Å². The summed E-state index contributed by atoms with van der Waals surface area (Å²) in [6, 6.07) is 0. The first-order valence-corrected chi connectivity index (χ1v) is 6.97. The maximum atomic E-state index is 11.3. The average Bonchev–Trinajstić information content (AvgIpc) is 2.27. The molecule has 0 aromatic heterocycles. The number of unbranched alkanes of at least 4 members (excludes halogenated alkanes) is 6. The predicted molar refractivity (Wildman–Crippen MR) is 72.1 cm³/mol. The Morgan fingerprint density at radius 1 is 1.00 bits per heavy atom. The minimum Gasteiger partial charge on any atom is -0.464 e. The van der Waals surface area contributed by atoms with Gasteiger partial charge in [-0.2, -0.15) is 0 Å². The van der Waals surface area contributed by atoms with E-state index in [1.54, 1.807) is 0 Å². The molecule has 0 rings (SSSR count). The second kappa shape index (κ2) is 11.9. The second-order valence-corrected chi connectivity index (χ2v) is 4.90. The van der Waals surface area contributed by atoms with Gasteiger partial charge >= 0.3 is 5.97 Å². The van der Waals surface area contributed by atoms with Gasteiger partial charge in [-0.05, 0) is 20.5 Å². The molecule has 0 unspecified atom stereocenters. The molecular weight excluding hydrogens is 214 g/mol. The van der Waals surface area contributed by atoms with Crippen molar-refractivity contribution in [3.05, 3.63) is 0 Å². The van der Waals surface area contributed by atoms with Crippen molar-refractivity contribution >= 4 is 5.97 Å². The molecule has 0 amide bonds. The molecule has 0 atom stereocenters. The van der Waals surface area contributed by atoms with E-state index in [-0.39, 0.29) is 5.97 Å². The van der Waals surface area contributed by atoms with E-state index in [1.807, 2.05) is 19.0 Å². The number of rotatable bonds is 11. The lowest BCUT2D eigenvalue weighted by Crippen LogP contribution is -2.20. The Bertz CT molecular complexity index is 181. The Kier molecular flexibility index (Phi) is 11.5. The minimum absolute atomic E-state index is 0.0413. The van der Waals surface area contributed by atoms with E-state index in [9.17, 15) is 4.79 Å². The zero-order chi connectivity index (χ0) is 12.9. The molecule has 0 aliphatic heterocycles. The largest absolute Gasteiger partial charge is 0.464 e. The molecule has 0 heterocycles. The number of likely N-dealkylation sites (N-methyl/N-ethyl adjacent to an activating group) is 1. The van der Waals surface area contributed by atoms with Crippen molar-refractivity contribution in [3.8, 4) is 0 Å². The van der Waals surface area contributed by atoms with Crippen LogP contribution in [0.1, 0.15) is 58.3 Å². The number of carbonyl (C=O) groups is 1. The molecule has 0 aliphatic rings. The highest BCUT2D eigenvalue weighted by atomic mass is 16.5. The molecule has 0 aromatic rings. The highest BCUT2D eigenvalue weighted by molar-refractivity contribution is 5.69. The van der Waals surface area contributed by atoms with Gasteiger partial charge in [0.1, 0.15) is 6.61 Å². The molecule has 3 nitrogen and oxygen atoms in total. The number of hydrogen-bond donors (Lipinski definition) is 0.